The van der Waals surface area contributed by atoms with Gasteiger partial charge in [0.15, 0.2) is 0 Å². The molecule has 0 unspecified atom stereocenters. The second-order valence-electron chi connectivity index (χ2n) is 5.53. The van der Waals surface area contributed by atoms with Gasteiger partial charge >= 0.3 is 0 Å². The van der Waals surface area contributed by atoms with Crippen molar-refractivity contribution in [3.05, 3.63) is 53.1 Å². The summed E-state index contributed by atoms with van der Waals surface area (Å²) in [6.45, 7) is 3.70. The van der Waals surface area contributed by atoms with Gasteiger partial charge < -0.3 is 20.1 Å². The minimum atomic E-state index is -0.0333. The van der Waals surface area contributed by atoms with Gasteiger partial charge in [0.05, 0.1) is 7.11 Å². The van der Waals surface area contributed by atoms with Gasteiger partial charge in [0.1, 0.15) is 18.1 Å². The fourth-order valence-corrected chi connectivity index (χ4v) is 2.45. The molecule has 0 aliphatic carbocycles. The molecule has 0 aromatic heterocycles. The first-order valence-corrected chi connectivity index (χ1v) is 8.50. The quantitative estimate of drug-likeness (QED) is 0.668. The zero-order valence-corrected chi connectivity index (χ0v) is 15.2. The largest absolute Gasteiger partial charge is 0.497 e. The molecule has 2 N–H and O–H groups in total. The number of nitrogens with one attached hydrogen (secondary N) is 2. The van der Waals surface area contributed by atoms with Crippen molar-refractivity contribution in [3.8, 4) is 11.5 Å². The van der Waals surface area contributed by atoms with Crippen LogP contribution in [0.25, 0.3) is 0 Å². The molecule has 0 aliphatic rings. The van der Waals surface area contributed by atoms with Crippen molar-refractivity contribution < 1.29 is 14.3 Å². The lowest BCUT2D eigenvalue weighted by Crippen LogP contribution is -2.25. The van der Waals surface area contributed by atoms with Crippen LogP contribution in [0.3, 0.4) is 0 Å². The van der Waals surface area contributed by atoms with Gasteiger partial charge in [-0.2, -0.15) is 0 Å². The Morgan fingerprint density at radius 1 is 1.08 bits per heavy atom. The normalized spacial score (nSPS) is 10.4. The Morgan fingerprint density at radius 3 is 2.48 bits per heavy atom. The van der Waals surface area contributed by atoms with Gasteiger partial charge in [-0.05, 0) is 55.0 Å². The summed E-state index contributed by atoms with van der Waals surface area (Å²) in [6, 6.07) is 12.8. The van der Waals surface area contributed by atoms with Crippen molar-refractivity contribution in [2.24, 2.45) is 0 Å². The van der Waals surface area contributed by atoms with E-state index >= 15 is 0 Å². The molecule has 0 atom stereocenters. The van der Waals surface area contributed by atoms with Crippen molar-refractivity contribution in [1.82, 2.24) is 5.32 Å². The molecular weight excluding hydrogens is 340 g/mol. The van der Waals surface area contributed by atoms with Crippen molar-refractivity contribution in [2.45, 2.75) is 13.3 Å². The summed E-state index contributed by atoms with van der Waals surface area (Å²) in [5.41, 5.74) is 1.74. The zero-order chi connectivity index (χ0) is 18.1. The monoisotopic (exact) mass is 362 g/mol. The molecule has 2 aromatic rings. The number of hydrogen-bond donors (Lipinski definition) is 2. The minimum absolute atomic E-state index is 0.0333. The molecule has 2 aromatic carbocycles. The predicted molar refractivity (Wildman–Crippen MR) is 101 cm³/mol. The van der Waals surface area contributed by atoms with E-state index in [1.165, 1.54) is 0 Å². The lowest BCUT2D eigenvalue weighted by Gasteiger charge is -2.10. The SMILES string of the molecule is COc1ccc(OCCNCCC(=O)Nc2ccc(Cl)cc2C)cc1. The Kier molecular flexibility index (Phi) is 7.57. The van der Waals surface area contributed by atoms with Crippen LogP contribution < -0.4 is 20.1 Å². The van der Waals surface area contributed by atoms with Crippen LogP contribution in [0.5, 0.6) is 11.5 Å². The Hall–Kier alpha value is -2.24. The summed E-state index contributed by atoms with van der Waals surface area (Å²) in [4.78, 5) is 11.9. The van der Waals surface area contributed by atoms with E-state index in [2.05, 4.69) is 10.6 Å². The maximum atomic E-state index is 11.9. The number of methoxy groups -OCH3 is 1. The number of rotatable bonds is 9. The first kappa shape index (κ1) is 19.1. The van der Waals surface area contributed by atoms with E-state index in [4.69, 9.17) is 21.1 Å². The Morgan fingerprint density at radius 2 is 1.80 bits per heavy atom. The molecule has 0 radical (unpaired) electrons. The Balaban J connectivity index is 1.59. The number of halogens is 1. The Bertz CT molecular complexity index is 690. The second kappa shape index (κ2) is 9.91. The van der Waals surface area contributed by atoms with Crippen LogP contribution in [0.2, 0.25) is 5.02 Å². The van der Waals surface area contributed by atoms with Crippen LogP contribution in [0.15, 0.2) is 42.5 Å². The highest BCUT2D eigenvalue weighted by atomic mass is 35.5. The second-order valence-corrected chi connectivity index (χ2v) is 5.97. The van der Waals surface area contributed by atoms with Crippen LogP contribution in [0.4, 0.5) is 5.69 Å². The molecule has 0 spiro atoms. The van der Waals surface area contributed by atoms with E-state index in [1.54, 1.807) is 13.2 Å². The third kappa shape index (κ3) is 6.64. The van der Waals surface area contributed by atoms with E-state index in [-0.39, 0.29) is 5.91 Å². The highest BCUT2D eigenvalue weighted by Crippen LogP contribution is 2.19. The van der Waals surface area contributed by atoms with Gasteiger partial charge in [-0.3, -0.25) is 4.79 Å². The van der Waals surface area contributed by atoms with Crippen LogP contribution in [0.1, 0.15) is 12.0 Å². The van der Waals surface area contributed by atoms with Gasteiger partial charge in [0.25, 0.3) is 0 Å². The van der Waals surface area contributed by atoms with Crippen LogP contribution in [0, 0.1) is 6.92 Å². The van der Waals surface area contributed by atoms with E-state index in [9.17, 15) is 4.79 Å². The number of ether oxygens (including phenoxy) is 2. The van der Waals surface area contributed by atoms with Crippen LogP contribution in [-0.4, -0.2) is 32.7 Å². The summed E-state index contributed by atoms with van der Waals surface area (Å²) < 4.78 is 10.7. The number of carbonyl (C=O) groups is 1. The molecule has 6 heteroatoms. The number of carbonyl (C=O) groups excluding carboxylic acids is 1. The maximum absolute atomic E-state index is 11.9. The lowest BCUT2D eigenvalue weighted by molar-refractivity contribution is -0.116. The first-order chi connectivity index (χ1) is 12.1. The summed E-state index contributed by atoms with van der Waals surface area (Å²) in [7, 11) is 1.63. The van der Waals surface area contributed by atoms with E-state index in [0.717, 1.165) is 22.7 Å². The number of benzene rings is 2. The van der Waals surface area contributed by atoms with Crippen molar-refractivity contribution >= 4 is 23.2 Å². The zero-order valence-electron chi connectivity index (χ0n) is 14.5. The van der Waals surface area contributed by atoms with Gasteiger partial charge in [-0.1, -0.05) is 11.6 Å². The van der Waals surface area contributed by atoms with Gasteiger partial charge in [-0.15, -0.1) is 0 Å². The first-order valence-electron chi connectivity index (χ1n) is 8.12. The average molecular weight is 363 g/mol. The van der Waals surface area contributed by atoms with Crippen molar-refractivity contribution in [3.63, 3.8) is 0 Å². The number of hydrogen-bond acceptors (Lipinski definition) is 4. The molecule has 0 saturated heterocycles. The van der Waals surface area contributed by atoms with E-state index in [1.807, 2.05) is 43.3 Å². The third-order valence-corrected chi connectivity index (χ3v) is 3.83. The summed E-state index contributed by atoms with van der Waals surface area (Å²) in [5.74, 6) is 1.56. The standard InChI is InChI=1S/C19H23ClN2O3/c1-14-13-15(20)3-8-18(14)22-19(23)9-10-21-11-12-25-17-6-4-16(24-2)5-7-17/h3-8,13,21H,9-12H2,1-2H3,(H,22,23). The maximum Gasteiger partial charge on any atom is 0.225 e. The summed E-state index contributed by atoms with van der Waals surface area (Å²) >= 11 is 5.90. The molecule has 0 aliphatic heterocycles. The fourth-order valence-electron chi connectivity index (χ4n) is 2.22. The molecule has 134 valence electrons. The molecule has 0 saturated carbocycles. The summed E-state index contributed by atoms with van der Waals surface area (Å²) in [5, 5.41) is 6.73. The molecule has 5 nitrogen and oxygen atoms in total. The minimum Gasteiger partial charge on any atom is -0.497 e. The molecular formula is C19H23ClN2O3. The highest BCUT2D eigenvalue weighted by Gasteiger charge is 2.05. The van der Waals surface area contributed by atoms with E-state index < -0.39 is 0 Å². The smallest absolute Gasteiger partial charge is 0.225 e. The molecule has 25 heavy (non-hydrogen) atoms. The molecule has 2 rings (SSSR count). The molecule has 0 heterocycles. The summed E-state index contributed by atoms with van der Waals surface area (Å²) in [6.07, 6.45) is 0.393. The average Bonchev–Trinajstić information content (AvgIpc) is 2.61. The molecule has 0 bridgehead atoms. The van der Waals surface area contributed by atoms with Gasteiger partial charge in [-0.25, -0.2) is 0 Å². The molecule has 1 amide bonds. The van der Waals surface area contributed by atoms with Crippen LogP contribution >= 0.6 is 11.6 Å². The fraction of sp³-hybridized carbons (Fsp3) is 0.316. The van der Waals surface area contributed by atoms with E-state index in [0.29, 0.717) is 31.1 Å². The molecule has 0 fully saturated rings. The third-order valence-electron chi connectivity index (χ3n) is 3.60. The van der Waals surface area contributed by atoms with Crippen molar-refractivity contribution in [1.29, 1.82) is 0 Å². The van der Waals surface area contributed by atoms with Crippen molar-refractivity contribution in [2.75, 3.05) is 32.1 Å². The van der Waals surface area contributed by atoms with Gasteiger partial charge in [0, 0.05) is 30.2 Å². The number of aryl methyl sites for hydroxylation is 1. The van der Waals surface area contributed by atoms with Crippen LogP contribution in [-0.2, 0) is 4.79 Å². The number of anilines is 1. The predicted octanol–water partition coefficient (Wildman–Crippen LogP) is 3.65. The highest BCUT2D eigenvalue weighted by molar-refractivity contribution is 6.30. The Labute approximate surface area is 153 Å². The van der Waals surface area contributed by atoms with Gasteiger partial charge in [0.2, 0.25) is 5.91 Å². The number of amides is 1. The lowest BCUT2D eigenvalue weighted by atomic mass is 10.2. The topological polar surface area (TPSA) is 59.6 Å².